The highest BCUT2D eigenvalue weighted by molar-refractivity contribution is 5.98. The van der Waals surface area contributed by atoms with Crippen molar-refractivity contribution in [1.29, 1.82) is 0 Å². The van der Waals surface area contributed by atoms with Gasteiger partial charge in [0.25, 0.3) is 0 Å². The van der Waals surface area contributed by atoms with Crippen LogP contribution in [0, 0.1) is 0 Å². The van der Waals surface area contributed by atoms with E-state index < -0.39 is 0 Å². The van der Waals surface area contributed by atoms with Gasteiger partial charge in [0.05, 0.1) is 14.2 Å². The van der Waals surface area contributed by atoms with E-state index in [2.05, 4.69) is 4.98 Å². The molecule has 0 N–H and O–H groups in total. The fourth-order valence-electron chi connectivity index (χ4n) is 1.71. The average Bonchev–Trinajstić information content (AvgIpc) is 2.36. The third-order valence-electron chi connectivity index (χ3n) is 2.57. The average molecular weight is 231 g/mol. The van der Waals surface area contributed by atoms with Gasteiger partial charge >= 0.3 is 0 Å². The van der Waals surface area contributed by atoms with Gasteiger partial charge in [-0.05, 0) is 12.1 Å². The molecule has 0 bridgehead atoms. The van der Waals surface area contributed by atoms with E-state index in [-0.39, 0.29) is 5.78 Å². The van der Waals surface area contributed by atoms with Crippen molar-refractivity contribution in [2.75, 3.05) is 14.2 Å². The first-order valence-electron chi connectivity index (χ1n) is 5.20. The number of aromatic nitrogens is 1. The number of nitrogens with zero attached hydrogens (tertiary/aromatic N) is 1. The van der Waals surface area contributed by atoms with Crippen LogP contribution in [0.3, 0.4) is 0 Å². The SMILES string of the molecule is COc1cc(C(C)=O)nc2c(OC)cccc12. The Labute approximate surface area is 99.2 Å². The Hall–Kier alpha value is -2.10. The number of pyridine rings is 1. The van der Waals surface area contributed by atoms with Crippen LogP contribution in [0.25, 0.3) is 10.9 Å². The number of para-hydroxylation sites is 1. The van der Waals surface area contributed by atoms with Crippen molar-refractivity contribution in [3.8, 4) is 11.5 Å². The maximum absolute atomic E-state index is 11.4. The van der Waals surface area contributed by atoms with E-state index in [9.17, 15) is 4.79 Å². The second-order valence-electron chi connectivity index (χ2n) is 3.62. The molecule has 0 saturated heterocycles. The fourth-order valence-corrected chi connectivity index (χ4v) is 1.71. The standard InChI is InChI=1S/C13H13NO3/c1-8(15)10-7-12(17-3)9-5-4-6-11(16-2)13(9)14-10/h4-7H,1-3H3. The molecule has 0 radical (unpaired) electrons. The molecule has 0 fully saturated rings. The largest absolute Gasteiger partial charge is 0.496 e. The summed E-state index contributed by atoms with van der Waals surface area (Å²) in [5, 5.41) is 0.830. The quantitative estimate of drug-likeness (QED) is 0.761. The number of ether oxygens (including phenoxy) is 2. The van der Waals surface area contributed by atoms with E-state index in [0.29, 0.717) is 22.7 Å². The van der Waals surface area contributed by atoms with Gasteiger partial charge in [-0.25, -0.2) is 4.98 Å². The van der Waals surface area contributed by atoms with Crippen LogP contribution in [0.1, 0.15) is 17.4 Å². The Morgan fingerprint density at radius 1 is 1.18 bits per heavy atom. The van der Waals surface area contributed by atoms with Gasteiger partial charge in [0.1, 0.15) is 22.7 Å². The number of hydrogen-bond acceptors (Lipinski definition) is 4. The third kappa shape index (κ3) is 1.93. The van der Waals surface area contributed by atoms with Gasteiger partial charge in [-0.2, -0.15) is 0 Å². The van der Waals surface area contributed by atoms with Crippen LogP contribution in [-0.4, -0.2) is 25.0 Å². The number of carbonyl (C=O) groups excluding carboxylic acids is 1. The summed E-state index contributed by atoms with van der Waals surface area (Å²) >= 11 is 0. The summed E-state index contributed by atoms with van der Waals surface area (Å²) in [5.74, 6) is 1.15. The predicted octanol–water partition coefficient (Wildman–Crippen LogP) is 2.45. The molecule has 88 valence electrons. The van der Waals surface area contributed by atoms with Crippen molar-refractivity contribution >= 4 is 16.7 Å². The molecule has 17 heavy (non-hydrogen) atoms. The highest BCUT2D eigenvalue weighted by Gasteiger charge is 2.12. The van der Waals surface area contributed by atoms with Crippen LogP contribution in [0.15, 0.2) is 24.3 Å². The van der Waals surface area contributed by atoms with Crippen LogP contribution in [-0.2, 0) is 0 Å². The lowest BCUT2D eigenvalue weighted by Gasteiger charge is -2.09. The van der Waals surface area contributed by atoms with Gasteiger partial charge in [-0.15, -0.1) is 0 Å². The number of fused-ring (bicyclic) bond motifs is 1. The summed E-state index contributed by atoms with van der Waals surface area (Å²) in [5.41, 5.74) is 1.01. The molecular formula is C13H13NO3. The number of hydrogen-bond donors (Lipinski definition) is 0. The van der Waals surface area contributed by atoms with Gasteiger partial charge in [-0.1, -0.05) is 6.07 Å². The molecule has 2 rings (SSSR count). The van der Waals surface area contributed by atoms with Gasteiger partial charge in [0.15, 0.2) is 5.78 Å². The van der Waals surface area contributed by atoms with Gasteiger partial charge in [-0.3, -0.25) is 4.79 Å². The summed E-state index contributed by atoms with van der Waals surface area (Å²) in [6.07, 6.45) is 0. The first kappa shape index (κ1) is 11.4. The molecule has 0 spiro atoms. The molecule has 4 nitrogen and oxygen atoms in total. The molecule has 0 amide bonds. The van der Waals surface area contributed by atoms with Crippen molar-refractivity contribution in [3.05, 3.63) is 30.0 Å². The predicted molar refractivity (Wildman–Crippen MR) is 64.9 cm³/mol. The van der Waals surface area contributed by atoms with E-state index in [1.807, 2.05) is 12.1 Å². The van der Waals surface area contributed by atoms with Gasteiger partial charge in [0, 0.05) is 18.4 Å². The molecule has 1 aromatic heterocycles. The zero-order valence-corrected chi connectivity index (χ0v) is 9.98. The smallest absolute Gasteiger partial charge is 0.178 e. The van der Waals surface area contributed by atoms with E-state index >= 15 is 0 Å². The summed E-state index contributed by atoms with van der Waals surface area (Å²) < 4.78 is 10.5. The molecule has 1 heterocycles. The lowest BCUT2D eigenvalue weighted by atomic mass is 10.1. The summed E-state index contributed by atoms with van der Waals surface area (Å²) in [4.78, 5) is 15.7. The molecule has 1 aromatic carbocycles. The fraction of sp³-hybridized carbons (Fsp3) is 0.231. The minimum Gasteiger partial charge on any atom is -0.496 e. The number of benzene rings is 1. The molecule has 0 saturated carbocycles. The lowest BCUT2D eigenvalue weighted by Crippen LogP contribution is -2.00. The van der Waals surface area contributed by atoms with E-state index in [1.54, 1.807) is 26.4 Å². The number of carbonyl (C=O) groups is 1. The van der Waals surface area contributed by atoms with Crippen molar-refractivity contribution in [2.24, 2.45) is 0 Å². The van der Waals surface area contributed by atoms with E-state index in [4.69, 9.17) is 9.47 Å². The van der Waals surface area contributed by atoms with Crippen LogP contribution in [0.4, 0.5) is 0 Å². The molecule has 0 aliphatic heterocycles. The molecule has 0 aliphatic carbocycles. The zero-order valence-electron chi connectivity index (χ0n) is 9.98. The lowest BCUT2D eigenvalue weighted by molar-refractivity contribution is 0.101. The van der Waals surface area contributed by atoms with Crippen molar-refractivity contribution in [1.82, 2.24) is 4.98 Å². The maximum Gasteiger partial charge on any atom is 0.178 e. The van der Waals surface area contributed by atoms with Crippen molar-refractivity contribution in [2.45, 2.75) is 6.92 Å². The van der Waals surface area contributed by atoms with Crippen LogP contribution >= 0.6 is 0 Å². The topological polar surface area (TPSA) is 48.4 Å². The second-order valence-corrected chi connectivity index (χ2v) is 3.62. The Kier molecular flexibility index (Phi) is 2.95. The first-order valence-corrected chi connectivity index (χ1v) is 5.20. The summed E-state index contributed by atoms with van der Waals surface area (Å²) in [7, 11) is 3.14. The Morgan fingerprint density at radius 2 is 1.88 bits per heavy atom. The number of Topliss-reactive ketones (excluding diaryl/α,β-unsaturated/α-hetero) is 1. The molecular weight excluding hydrogens is 218 g/mol. The third-order valence-corrected chi connectivity index (χ3v) is 2.57. The Morgan fingerprint density at radius 3 is 2.47 bits per heavy atom. The molecule has 0 atom stereocenters. The normalized spacial score (nSPS) is 10.3. The highest BCUT2D eigenvalue weighted by atomic mass is 16.5. The second kappa shape index (κ2) is 4.41. The van der Waals surface area contributed by atoms with Crippen LogP contribution < -0.4 is 9.47 Å². The summed E-state index contributed by atoms with van der Waals surface area (Å²) in [6, 6.07) is 7.19. The number of ketones is 1. The van der Waals surface area contributed by atoms with Crippen molar-refractivity contribution < 1.29 is 14.3 Å². The Balaban J connectivity index is 2.82. The summed E-state index contributed by atoms with van der Waals surface area (Å²) in [6.45, 7) is 1.48. The van der Waals surface area contributed by atoms with E-state index in [1.165, 1.54) is 6.92 Å². The number of rotatable bonds is 3. The van der Waals surface area contributed by atoms with E-state index in [0.717, 1.165) is 5.39 Å². The van der Waals surface area contributed by atoms with Crippen LogP contribution in [0.2, 0.25) is 0 Å². The molecule has 0 aliphatic rings. The van der Waals surface area contributed by atoms with Gasteiger partial charge < -0.3 is 9.47 Å². The molecule has 0 unspecified atom stereocenters. The first-order chi connectivity index (χ1) is 8.17. The van der Waals surface area contributed by atoms with Crippen LogP contribution in [0.5, 0.6) is 11.5 Å². The maximum atomic E-state index is 11.4. The monoisotopic (exact) mass is 231 g/mol. The molecule has 2 aromatic rings. The highest BCUT2D eigenvalue weighted by Crippen LogP contribution is 2.31. The zero-order chi connectivity index (χ0) is 12.4. The van der Waals surface area contributed by atoms with Gasteiger partial charge in [0.2, 0.25) is 0 Å². The minimum absolute atomic E-state index is 0.101. The minimum atomic E-state index is -0.101. The van der Waals surface area contributed by atoms with Crippen molar-refractivity contribution in [3.63, 3.8) is 0 Å². The molecule has 4 heteroatoms. The number of methoxy groups -OCH3 is 2. The Bertz CT molecular complexity index is 578.